The molecule has 116 valence electrons. The van der Waals surface area contributed by atoms with E-state index < -0.39 is 11.9 Å². The van der Waals surface area contributed by atoms with Crippen molar-refractivity contribution < 1.29 is 13.2 Å². The Morgan fingerprint density at radius 3 is 2.14 bits per heavy atom. The molecule has 1 nitrogen and oxygen atoms in total. The molecule has 1 aromatic carbocycles. The minimum absolute atomic E-state index is 0.0326. The van der Waals surface area contributed by atoms with Crippen molar-refractivity contribution in [2.45, 2.75) is 46.7 Å². The average molecular weight is 297 g/mol. The quantitative estimate of drug-likeness (QED) is 0.632. The number of nitrogens with zero attached hydrogens (tertiary/aromatic N) is 1. The summed E-state index contributed by atoms with van der Waals surface area (Å²) in [5.41, 5.74) is 1.57. The molecule has 0 N–H and O–H groups in total. The number of allylic oxidation sites excluding steroid dienone is 2. The Labute approximate surface area is 124 Å². The van der Waals surface area contributed by atoms with Gasteiger partial charge in [0.05, 0.1) is 5.71 Å². The van der Waals surface area contributed by atoms with E-state index in [0.29, 0.717) is 5.71 Å². The van der Waals surface area contributed by atoms with Crippen molar-refractivity contribution in [1.82, 2.24) is 0 Å². The van der Waals surface area contributed by atoms with Crippen LogP contribution in [0.2, 0.25) is 0 Å². The average Bonchev–Trinajstić information content (AvgIpc) is 2.46. The number of hydrogen-bond donors (Lipinski definition) is 0. The summed E-state index contributed by atoms with van der Waals surface area (Å²) >= 11 is 0. The first-order chi connectivity index (χ1) is 9.83. The molecule has 0 spiro atoms. The van der Waals surface area contributed by atoms with Crippen LogP contribution in [0.3, 0.4) is 0 Å². The van der Waals surface area contributed by atoms with Crippen molar-refractivity contribution in [3.63, 3.8) is 0 Å². The van der Waals surface area contributed by atoms with Gasteiger partial charge < -0.3 is 0 Å². The summed E-state index contributed by atoms with van der Waals surface area (Å²) in [5, 5.41) is 0. The molecular formula is C17H22F3N. The van der Waals surface area contributed by atoms with Gasteiger partial charge in [-0.25, -0.2) is 4.99 Å². The monoisotopic (exact) mass is 297 g/mol. The molecule has 1 aromatic rings. The smallest absolute Gasteiger partial charge is 0.248 e. The Hall–Kier alpha value is -1.58. The molecular weight excluding hydrogens is 275 g/mol. The second kappa shape index (κ2) is 7.43. The summed E-state index contributed by atoms with van der Waals surface area (Å²) in [6, 6.07) is 7.59. The predicted molar refractivity (Wildman–Crippen MR) is 81.6 cm³/mol. The van der Waals surface area contributed by atoms with E-state index in [0.717, 1.165) is 30.0 Å². The lowest BCUT2D eigenvalue weighted by Crippen LogP contribution is -2.17. The Morgan fingerprint density at radius 1 is 1.19 bits per heavy atom. The summed E-state index contributed by atoms with van der Waals surface area (Å²) in [6.45, 7) is 7.25. The van der Waals surface area contributed by atoms with Crippen LogP contribution in [-0.4, -0.2) is 11.9 Å². The molecule has 4 heteroatoms. The second-order valence-corrected chi connectivity index (χ2v) is 5.03. The minimum atomic E-state index is -4.42. The molecule has 0 fully saturated rings. The van der Waals surface area contributed by atoms with Gasteiger partial charge in [0, 0.05) is 0 Å². The zero-order valence-electron chi connectivity index (χ0n) is 13.0. The molecule has 0 amide bonds. The van der Waals surface area contributed by atoms with Crippen LogP contribution in [0.25, 0.3) is 0 Å². The van der Waals surface area contributed by atoms with E-state index in [-0.39, 0.29) is 5.92 Å². The number of halogens is 3. The first kappa shape index (κ1) is 17.5. The lowest BCUT2D eigenvalue weighted by Gasteiger charge is -2.16. The minimum Gasteiger partial charge on any atom is -0.248 e. The number of rotatable bonds is 5. The van der Waals surface area contributed by atoms with Crippen LogP contribution in [0.5, 0.6) is 0 Å². The van der Waals surface area contributed by atoms with Gasteiger partial charge >= 0.3 is 6.18 Å². The van der Waals surface area contributed by atoms with Crippen LogP contribution in [0.1, 0.15) is 45.2 Å². The third kappa shape index (κ3) is 4.73. The third-order valence-corrected chi connectivity index (χ3v) is 3.54. The van der Waals surface area contributed by atoms with Crippen molar-refractivity contribution in [2.24, 2.45) is 10.9 Å². The Balaban J connectivity index is 3.28. The molecule has 1 rings (SSSR count). The summed E-state index contributed by atoms with van der Waals surface area (Å²) in [6.07, 6.45) is -1.76. The SMILES string of the molecule is C/C=C(\N=C(c1ccc(CC)cc1)C(C)CC)C(F)(F)F. The second-order valence-electron chi connectivity index (χ2n) is 5.03. The lowest BCUT2D eigenvalue weighted by atomic mass is 9.95. The molecule has 0 aliphatic heterocycles. The zero-order valence-corrected chi connectivity index (χ0v) is 13.0. The fourth-order valence-electron chi connectivity index (χ4n) is 1.99. The third-order valence-electron chi connectivity index (χ3n) is 3.54. The van der Waals surface area contributed by atoms with E-state index >= 15 is 0 Å². The van der Waals surface area contributed by atoms with E-state index in [4.69, 9.17) is 0 Å². The van der Waals surface area contributed by atoms with E-state index in [1.165, 1.54) is 6.92 Å². The maximum absolute atomic E-state index is 12.9. The lowest BCUT2D eigenvalue weighted by molar-refractivity contribution is -0.0924. The van der Waals surface area contributed by atoms with Crippen LogP contribution in [0, 0.1) is 5.92 Å². The highest BCUT2D eigenvalue weighted by atomic mass is 19.4. The number of hydrogen-bond acceptors (Lipinski definition) is 1. The van der Waals surface area contributed by atoms with Crippen molar-refractivity contribution in [3.05, 3.63) is 47.2 Å². The number of aliphatic imine (C=N–C) groups is 1. The zero-order chi connectivity index (χ0) is 16.0. The first-order valence-corrected chi connectivity index (χ1v) is 7.24. The van der Waals surface area contributed by atoms with Gasteiger partial charge in [0.15, 0.2) is 0 Å². The van der Waals surface area contributed by atoms with Crippen molar-refractivity contribution in [3.8, 4) is 0 Å². The van der Waals surface area contributed by atoms with Crippen LogP contribution >= 0.6 is 0 Å². The largest absolute Gasteiger partial charge is 0.433 e. The van der Waals surface area contributed by atoms with E-state index in [9.17, 15) is 13.2 Å². The Bertz CT molecular complexity index is 510. The van der Waals surface area contributed by atoms with Gasteiger partial charge in [-0.15, -0.1) is 0 Å². The Morgan fingerprint density at radius 2 is 1.76 bits per heavy atom. The number of alkyl halides is 3. The normalized spacial score (nSPS) is 15.2. The number of aryl methyl sites for hydroxylation is 1. The molecule has 0 bridgehead atoms. The van der Waals surface area contributed by atoms with Crippen LogP contribution in [-0.2, 0) is 6.42 Å². The topological polar surface area (TPSA) is 12.4 Å². The molecule has 0 heterocycles. The van der Waals surface area contributed by atoms with Gasteiger partial charge in [-0.2, -0.15) is 13.2 Å². The highest BCUT2D eigenvalue weighted by Gasteiger charge is 2.33. The fraction of sp³-hybridized carbons (Fsp3) is 0.471. The van der Waals surface area contributed by atoms with Gasteiger partial charge in [0.25, 0.3) is 0 Å². The standard InChI is InChI=1S/C17H22F3N/c1-5-12(4)16(21-15(7-3)17(18,19)20)14-10-8-13(6-2)9-11-14/h7-12H,5-6H2,1-4H3/b15-7-,21-16?. The first-order valence-electron chi connectivity index (χ1n) is 7.24. The molecule has 1 unspecified atom stereocenters. The summed E-state index contributed by atoms with van der Waals surface area (Å²) < 4.78 is 38.7. The molecule has 0 aromatic heterocycles. The van der Waals surface area contributed by atoms with Crippen molar-refractivity contribution in [2.75, 3.05) is 0 Å². The highest BCUT2D eigenvalue weighted by molar-refractivity contribution is 6.02. The molecule has 0 aliphatic carbocycles. The fourth-order valence-corrected chi connectivity index (χ4v) is 1.99. The molecule has 0 radical (unpaired) electrons. The van der Waals surface area contributed by atoms with Gasteiger partial charge in [-0.05, 0) is 36.8 Å². The molecule has 1 atom stereocenters. The molecule has 21 heavy (non-hydrogen) atoms. The summed E-state index contributed by atoms with van der Waals surface area (Å²) in [5.74, 6) is -0.0326. The van der Waals surface area contributed by atoms with Gasteiger partial charge in [-0.3, -0.25) is 0 Å². The van der Waals surface area contributed by atoms with E-state index in [2.05, 4.69) is 4.99 Å². The summed E-state index contributed by atoms with van der Waals surface area (Å²) in [7, 11) is 0. The maximum atomic E-state index is 12.9. The van der Waals surface area contributed by atoms with Gasteiger partial charge in [0.1, 0.15) is 5.70 Å². The summed E-state index contributed by atoms with van der Waals surface area (Å²) in [4.78, 5) is 3.92. The van der Waals surface area contributed by atoms with Crippen LogP contribution in [0.4, 0.5) is 13.2 Å². The van der Waals surface area contributed by atoms with E-state index in [1.54, 1.807) is 0 Å². The van der Waals surface area contributed by atoms with Gasteiger partial charge in [-0.1, -0.05) is 51.1 Å². The molecule has 0 saturated heterocycles. The Kier molecular flexibility index (Phi) is 6.19. The number of benzene rings is 1. The van der Waals surface area contributed by atoms with E-state index in [1.807, 2.05) is 45.0 Å². The van der Waals surface area contributed by atoms with Crippen LogP contribution < -0.4 is 0 Å². The van der Waals surface area contributed by atoms with Crippen molar-refractivity contribution in [1.29, 1.82) is 0 Å². The predicted octanol–water partition coefficient (Wildman–Crippen LogP) is 5.55. The van der Waals surface area contributed by atoms with Crippen molar-refractivity contribution >= 4 is 5.71 Å². The van der Waals surface area contributed by atoms with Gasteiger partial charge in [0.2, 0.25) is 0 Å². The highest BCUT2D eigenvalue weighted by Crippen LogP contribution is 2.28. The van der Waals surface area contributed by atoms with Crippen LogP contribution in [0.15, 0.2) is 41.0 Å². The molecule has 0 saturated carbocycles. The maximum Gasteiger partial charge on any atom is 0.433 e. The molecule has 0 aliphatic rings.